The van der Waals surface area contributed by atoms with Crippen LogP contribution >= 0.6 is 15.9 Å². The van der Waals surface area contributed by atoms with E-state index in [0.29, 0.717) is 5.56 Å². The summed E-state index contributed by atoms with van der Waals surface area (Å²) >= 11 is 3.32. The number of halogens is 1. The normalized spacial score (nSPS) is 11.4. The highest BCUT2D eigenvalue weighted by molar-refractivity contribution is 9.10. The summed E-state index contributed by atoms with van der Waals surface area (Å²) in [7, 11) is 0. The summed E-state index contributed by atoms with van der Waals surface area (Å²) in [6.45, 7) is 3.59. The minimum Gasteiger partial charge on any atom is -0.508 e. The SMILES string of the molecule is CC(C)(CC(=O)O)c1c(O)cccc1Br. The van der Waals surface area contributed by atoms with Crippen molar-refractivity contribution in [3.63, 3.8) is 0 Å². The minimum atomic E-state index is -0.879. The van der Waals surface area contributed by atoms with Crippen molar-refractivity contribution in [2.75, 3.05) is 0 Å². The second-order valence-corrected chi connectivity index (χ2v) is 4.94. The van der Waals surface area contributed by atoms with Gasteiger partial charge in [0.1, 0.15) is 5.75 Å². The predicted octanol–water partition coefficient (Wildman–Crippen LogP) is 2.91. The number of aliphatic carboxylic acids is 1. The van der Waals surface area contributed by atoms with Gasteiger partial charge in [-0.2, -0.15) is 0 Å². The summed E-state index contributed by atoms with van der Waals surface area (Å²) in [5, 5.41) is 18.5. The molecule has 0 unspecified atom stereocenters. The minimum absolute atomic E-state index is 0.0246. The number of carboxylic acid groups (broad SMARTS) is 1. The maximum Gasteiger partial charge on any atom is 0.304 e. The van der Waals surface area contributed by atoms with E-state index in [4.69, 9.17) is 5.11 Å². The molecule has 1 aromatic carbocycles. The molecule has 0 aliphatic carbocycles. The summed E-state index contributed by atoms with van der Waals surface area (Å²) in [6, 6.07) is 5.06. The molecule has 0 atom stereocenters. The van der Waals surface area contributed by atoms with E-state index in [2.05, 4.69) is 15.9 Å². The van der Waals surface area contributed by atoms with E-state index in [-0.39, 0.29) is 12.2 Å². The molecule has 0 amide bonds. The smallest absolute Gasteiger partial charge is 0.304 e. The molecule has 15 heavy (non-hydrogen) atoms. The summed E-state index contributed by atoms with van der Waals surface area (Å²) in [6.07, 6.45) is -0.0246. The van der Waals surface area contributed by atoms with Gasteiger partial charge in [0, 0.05) is 15.5 Å². The first kappa shape index (κ1) is 12.0. The average molecular weight is 273 g/mol. The third-order valence-electron chi connectivity index (χ3n) is 2.26. The fraction of sp³-hybridized carbons (Fsp3) is 0.364. The molecule has 2 N–H and O–H groups in total. The third kappa shape index (κ3) is 2.72. The van der Waals surface area contributed by atoms with Crippen LogP contribution in [0.15, 0.2) is 22.7 Å². The van der Waals surface area contributed by atoms with Gasteiger partial charge in [0.2, 0.25) is 0 Å². The number of hydrogen-bond acceptors (Lipinski definition) is 2. The first-order valence-corrected chi connectivity index (χ1v) is 5.33. The molecule has 0 aliphatic rings. The van der Waals surface area contributed by atoms with Crippen LogP contribution in [0, 0.1) is 0 Å². The zero-order valence-electron chi connectivity index (χ0n) is 8.62. The van der Waals surface area contributed by atoms with Crippen LogP contribution in [0.3, 0.4) is 0 Å². The Morgan fingerprint density at radius 2 is 2.07 bits per heavy atom. The summed E-state index contributed by atoms with van der Waals surface area (Å²) in [5.41, 5.74) is 0.0307. The third-order valence-corrected chi connectivity index (χ3v) is 2.92. The lowest BCUT2D eigenvalue weighted by molar-refractivity contribution is -0.138. The number of rotatable bonds is 3. The van der Waals surface area contributed by atoms with Gasteiger partial charge >= 0.3 is 5.97 Å². The molecule has 0 aliphatic heterocycles. The van der Waals surface area contributed by atoms with Crippen molar-refractivity contribution >= 4 is 21.9 Å². The van der Waals surface area contributed by atoms with Crippen LogP contribution in [0.25, 0.3) is 0 Å². The Kier molecular flexibility index (Phi) is 3.39. The van der Waals surface area contributed by atoms with Crippen molar-refractivity contribution < 1.29 is 15.0 Å². The highest BCUT2D eigenvalue weighted by Gasteiger charge is 2.28. The molecule has 4 heteroatoms. The zero-order valence-corrected chi connectivity index (χ0v) is 10.2. The molecule has 0 aromatic heterocycles. The van der Waals surface area contributed by atoms with Crippen LogP contribution in [-0.4, -0.2) is 16.2 Å². The van der Waals surface area contributed by atoms with Gasteiger partial charge in [-0.1, -0.05) is 35.8 Å². The molecule has 0 heterocycles. The second kappa shape index (κ2) is 4.23. The summed E-state index contributed by atoms with van der Waals surface area (Å²) in [4.78, 5) is 10.7. The topological polar surface area (TPSA) is 57.5 Å². The first-order valence-electron chi connectivity index (χ1n) is 4.54. The number of carboxylic acids is 1. The lowest BCUT2D eigenvalue weighted by Crippen LogP contribution is -2.22. The number of aromatic hydroxyl groups is 1. The number of carbonyl (C=O) groups is 1. The van der Waals surface area contributed by atoms with E-state index in [1.54, 1.807) is 32.0 Å². The molecule has 0 saturated heterocycles. The zero-order chi connectivity index (χ0) is 11.6. The van der Waals surface area contributed by atoms with Gasteiger partial charge in [-0.25, -0.2) is 0 Å². The van der Waals surface area contributed by atoms with E-state index in [9.17, 15) is 9.90 Å². The summed E-state index contributed by atoms with van der Waals surface area (Å²) < 4.78 is 0.730. The first-order chi connectivity index (χ1) is 6.84. The number of hydrogen-bond donors (Lipinski definition) is 2. The van der Waals surface area contributed by atoms with Crippen LogP contribution in [0.4, 0.5) is 0 Å². The lowest BCUT2D eigenvalue weighted by atomic mass is 9.81. The molecule has 82 valence electrons. The predicted molar refractivity (Wildman–Crippen MR) is 61.1 cm³/mol. The van der Waals surface area contributed by atoms with Crippen LogP contribution in [0.2, 0.25) is 0 Å². The molecule has 0 saturated carbocycles. The van der Waals surface area contributed by atoms with Crippen molar-refractivity contribution in [2.24, 2.45) is 0 Å². The van der Waals surface area contributed by atoms with Crippen molar-refractivity contribution in [3.05, 3.63) is 28.2 Å². The summed E-state index contributed by atoms with van der Waals surface area (Å²) in [5.74, 6) is -0.759. The standard InChI is InChI=1S/C11H13BrO3/c1-11(2,6-9(14)15)10-7(12)4-3-5-8(10)13/h3-5,13H,6H2,1-2H3,(H,14,15). The van der Waals surface area contributed by atoms with E-state index < -0.39 is 11.4 Å². The van der Waals surface area contributed by atoms with Gasteiger partial charge in [-0.15, -0.1) is 0 Å². The number of phenols is 1. The molecule has 0 radical (unpaired) electrons. The quantitative estimate of drug-likeness (QED) is 0.890. The van der Waals surface area contributed by atoms with Crippen molar-refractivity contribution in [1.82, 2.24) is 0 Å². The second-order valence-electron chi connectivity index (χ2n) is 4.09. The van der Waals surface area contributed by atoms with Crippen molar-refractivity contribution in [2.45, 2.75) is 25.7 Å². The molecular weight excluding hydrogens is 260 g/mol. The molecule has 0 fully saturated rings. The van der Waals surface area contributed by atoms with Gasteiger partial charge in [-0.3, -0.25) is 4.79 Å². The Balaban J connectivity index is 3.19. The van der Waals surface area contributed by atoms with Crippen LogP contribution in [0.5, 0.6) is 5.75 Å². The van der Waals surface area contributed by atoms with E-state index >= 15 is 0 Å². The Morgan fingerprint density at radius 3 is 2.53 bits per heavy atom. The van der Waals surface area contributed by atoms with Gasteiger partial charge in [0.25, 0.3) is 0 Å². The molecular formula is C11H13BrO3. The largest absolute Gasteiger partial charge is 0.508 e. The fourth-order valence-electron chi connectivity index (χ4n) is 1.65. The Morgan fingerprint density at radius 1 is 1.47 bits per heavy atom. The van der Waals surface area contributed by atoms with Crippen molar-refractivity contribution in [3.8, 4) is 5.75 Å². The Labute approximate surface area is 96.9 Å². The Bertz CT molecular complexity index is 365. The average Bonchev–Trinajstić information content (AvgIpc) is 1.99. The monoisotopic (exact) mass is 272 g/mol. The fourth-order valence-corrected chi connectivity index (χ4v) is 2.54. The molecule has 0 bridgehead atoms. The van der Waals surface area contributed by atoms with E-state index in [1.807, 2.05) is 0 Å². The highest BCUT2D eigenvalue weighted by Crippen LogP contribution is 2.38. The highest BCUT2D eigenvalue weighted by atomic mass is 79.9. The van der Waals surface area contributed by atoms with Crippen LogP contribution < -0.4 is 0 Å². The van der Waals surface area contributed by atoms with E-state index in [1.165, 1.54) is 0 Å². The van der Waals surface area contributed by atoms with E-state index in [0.717, 1.165) is 4.47 Å². The Hall–Kier alpha value is -1.03. The molecule has 1 rings (SSSR count). The van der Waals surface area contributed by atoms with Crippen molar-refractivity contribution in [1.29, 1.82) is 0 Å². The van der Waals surface area contributed by atoms with Gasteiger partial charge in [0.05, 0.1) is 6.42 Å². The number of benzene rings is 1. The maximum absolute atomic E-state index is 10.7. The van der Waals surface area contributed by atoms with Crippen LogP contribution in [-0.2, 0) is 10.2 Å². The maximum atomic E-state index is 10.7. The molecule has 0 spiro atoms. The molecule has 3 nitrogen and oxygen atoms in total. The van der Waals surface area contributed by atoms with Gasteiger partial charge in [-0.05, 0) is 12.1 Å². The van der Waals surface area contributed by atoms with Crippen LogP contribution in [0.1, 0.15) is 25.8 Å². The molecule has 1 aromatic rings. The lowest BCUT2D eigenvalue weighted by Gasteiger charge is -2.25. The van der Waals surface area contributed by atoms with Gasteiger partial charge in [0.15, 0.2) is 0 Å². The van der Waals surface area contributed by atoms with Gasteiger partial charge < -0.3 is 10.2 Å². The number of phenolic OH excluding ortho intramolecular Hbond substituents is 1.